The van der Waals surface area contributed by atoms with Crippen LogP contribution < -0.4 is 4.74 Å². The summed E-state index contributed by atoms with van der Waals surface area (Å²) in [5.74, 6) is 0.0693. The summed E-state index contributed by atoms with van der Waals surface area (Å²) < 4.78 is 42.7. The van der Waals surface area contributed by atoms with E-state index in [0.29, 0.717) is 18.6 Å². The molecule has 1 fully saturated rings. The molecule has 0 unspecified atom stereocenters. The van der Waals surface area contributed by atoms with Gasteiger partial charge in [-0.05, 0) is 54.8 Å². The minimum Gasteiger partial charge on any atom is -0.494 e. The lowest BCUT2D eigenvalue weighted by Crippen LogP contribution is -2.40. The Morgan fingerprint density at radius 1 is 1.14 bits per heavy atom. The number of carbonyl (C=O) groups is 1. The van der Waals surface area contributed by atoms with Gasteiger partial charge in [-0.15, -0.1) is 0 Å². The zero-order valence-electron chi connectivity index (χ0n) is 15.8. The van der Waals surface area contributed by atoms with Gasteiger partial charge in [-0.2, -0.15) is 0 Å². The molecule has 0 radical (unpaired) electrons. The maximum absolute atomic E-state index is 13.2. The predicted molar refractivity (Wildman–Crippen MR) is 106 cm³/mol. The SMILES string of the molecule is CCCOc1ccc(CN(C(=O)c2ccc(F)cc2)[C@H]2CCS(=O)(=O)C2)cc1. The van der Waals surface area contributed by atoms with E-state index in [1.165, 1.54) is 24.3 Å². The molecule has 0 spiro atoms. The summed E-state index contributed by atoms with van der Waals surface area (Å²) in [6.07, 6.45) is 1.32. The summed E-state index contributed by atoms with van der Waals surface area (Å²) in [6, 6.07) is 12.4. The van der Waals surface area contributed by atoms with Gasteiger partial charge in [0.2, 0.25) is 0 Å². The second-order valence-electron chi connectivity index (χ2n) is 6.99. The van der Waals surface area contributed by atoms with Crippen molar-refractivity contribution in [2.75, 3.05) is 18.1 Å². The maximum Gasteiger partial charge on any atom is 0.254 e. The van der Waals surface area contributed by atoms with Crippen molar-refractivity contribution in [1.82, 2.24) is 4.90 Å². The molecule has 0 aliphatic carbocycles. The average Bonchev–Trinajstić information content (AvgIpc) is 3.05. The van der Waals surface area contributed by atoms with E-state index in [4.69, 9.17) is 4.74 Å². The van der Waals surface area contributed by atoms with Gasteiger partial charge in [0.1, 0.15) is 11.6 Å². The van der Waals surface area contributed by atoms with Crippen LogP contribution >= 0.6 is 0 Å². The van der Waals surface area contributed by atoms with E-state index in [9.17, 15) is 17.6 Å². The number of rotatable bonds is 7. The van der Waals surface area contributed by atoms with Gasteiger partial charge in [0.15, 0.2) is 9.84 Å². The fourth-order valence-corrected chi connectivity index (χ4v) is 4.98. The van der Waals surface area contributed by atoms with Crippen LogP contribution in [0.15, 0.2) is 48.5 Å². The summed E-state index contributed by atoms with van der Waals surface area (Å²) in [5.41, 5.74) is 1.22. The van der Waals surface area contributed by atoms with E-state index < -0.39 is 21.7 Å². The number of hydrogen-bond donors (Lipinski definition) is 0. The third kappa shape index (κ3) is 5.10. The third-order valence-electron chi connectivity index (χ3n) is 4.75. The molecule has 1 atom stereocenters. The molecule has 150 valence electrons. The normalized spacial score (nSPS) is 18.0. The number of hydrogen-bond acceptors (Lipinski definition) is 4. The Morgan fingerprint density at radius 2 is 1.82 bits per heavy atom. The first kappa shape index (κ1) is 20.3. The summed E-state index contributed by atoms with van der Waals surface area (Å²) in [7, 11) is -3.15. The molecule has 1 aliphatic rings. The molecule has 7 heteroatoms. The van der Waals surface area contributed by atoms with Gasteiger partial charge in [0.25, 0.3) is 5.91 Å². The lowest BCUT2D eigenvalue weighted by molar-refractivity contribution is 0.0681. The fraction of sp³-hybridized carbons (Fsp3) is 0.381. The van der Waals surface area contributed by atoms with E-state index >= 15 is 0 Å². The summed E-state index contributed by atoms with van der Waals surface area (Å²) >= 11 is 0. The predicted octanol–water partition coefficient (Wildman–Crippen LogP) is 3.44. The second-order valence-corrected chi connectivity index (χ2v) is 9.22. The Labute approximate surface area is 165 Å². The molecule has 2 aromatic rings. The standard InChI is InChI=1S/C21H24FNO4S/c1-2-12-27-20-9-3-16(4-10-20)14-23(19-11-13-28(25,26)15-19)21(24)17-5-7-18(22)8-6-17/h3-10,19H,2,11-15H2,1H3/t19-/m0/s1. The highest BCUT2D eigenvalue weighted by Crippen LogP contribution is 2.23. The zero-order valence-corrected chi connectivity index (χ0v) is 16.6. The van der Waals surface area contributed by atoms with Crippen LogP contribution in [0, 0.1) is 5.82 Å². The van der Waals surface area contributed by atoms with Crippen molar-refractivity contribution in [2.45, 2.75) is 32.4 Å². The van der Waals surface area contributed by atoms with Crippen molar-refractivity contribution < 1.29 is 22.3 Å². The summed E-state index contributed by atoms with van der Waals surface area (Å²) in [5, 5.41) is 0. The number of nitrogens with zero attached hydrogens (tertiary/aromatic N) is 1. The minimum absolute atomic E-state index is 0.0440. The van der Waals surface area contributed by atoms with Crippen molar-refractivity contribution in [1.29, 1.82) is 0 Å². The number of benzene rings is 2. The topological polar surface area (TPSA) is 63.7 Å². The molecular formula is C21H24FNO4S. The van der Waals surface area contributed by atoms with Crippen LogP contribution in [0.4, 0.5) is 4.39 Å². The lowest BCUT2D eigenvalue weighted by Gasteiger charge is -2.28. The number of sulfone groups is 1. The largest absolute Gasteiger partial charge is 0.494 e. The molecule has 2 aromatic carbocycles. The molecule has 1 amide bonds. The Bertz CT molecular complexity index is 910. The lowest BCUT2D eigenvalue weighted by atomic mass is 10.1. The highest BCUT2D eigenvalue weighted by molar-refractivity contribution is 7.91. The minimum atomic E-state index is -3.15. The molecule has 1 aliphatic heterocycles. The van der Waals surface area contributed by atoms with Crippen LogP contribution in [0.25, 0.3) is 0 Å². The van der Waals surface area contributed by atoms with Crippen LogP contribution in [0.2, 0.25) is 0 Å². The van der Waals surface area contributed by atoms with Crippen molar-refractivity contribution in [3.8, 4) is 5.75 Å². The van der Waals surface area contributed by atoms with Crippen LogP contribution in [0.5, 0.6) is 5.75 Å². The van der Waals surface area contributed by atoms with Gasteiger partial charge in [-0.1, -0.05) is 19.1 Å². The highest BCUT2D eigenvalue weighted by Gasteiger charge is 2.35. The number of halogens is 1. The van der Waals surface area contributed by atoms with Crippen LogP contribution in [-0.4, -0.2) is 43.4 Å². The van der Waals surface area contributed by atoms with Crippen LogP contribution in [0.1, 0.15) is 35.7 Å². The van der Waals surface area contributed by atoms with Crippen molar-refractivity contribution >= 4 is 15.7 Å². The van der Waals surface area contributed by atoms with E-state index in [1.54, 1.807) is 4.90 Å². The monoisotopic (exact) mass is 405 g/mol. The number of amides is 1. The van der Waals surface area contributed by atoms with Crippen molar-refractivity contribution in [2.24, 2.45) is 0 Å². The molecule has 5 nitrogen and oxygen atoms in total. The Morgan fingerprint density at radius 3 is 2.39 bits per heavy atom. The third-order valence-corrected chi connectivity index (χ3v) is 6.50. The van der Waals surface area contributed by atoms with E-state index in [1.807, 2.05) is 31.2 Å². The average molecular weight is 405 g/mol. The van der Waals surface area contributed by atoms with Crippen LogP contribution in [-0.2, 0) is 16.4 Å². The van der Waals surface area contributed by atoms with E-state index in [-0.39, 0.29) is 24.0 Å². The first-order valence-electron chi connectivity index (χ1n) is 9.36. The first-order chi connectivity index (χ1) is 13.4. The quantitative estimate of drug-likeness (QED) is 0.708. The summed E-state index contributed by atoms with van der Waals surface area (Å²) in [6.45, 7) is 2.95. The summed E-state index contributed by atoms with van der Waals surface area (Å²) in [4.78, 5) is 14.6. The van der Waals surface area contributed by atoms with E-state index in [0.717, 1.165) is 17.7 Å². The van der Waals surface area contributed by atoms with Gasteiger partial charge < -0.3 is 9.64 Å². The van der Waals surface area contributed by atoms with Gasteiger partial charge in [0, 0.05) is 18.2 Å². The van der Waals surface area contributed by atoms with Gasteiger partial charge >= 0.3 is 0 Å². The number of carbonyl (C=O) groups excluding carboxylic acids is 1. The Hall–Kier alpha value is -2.41. The molecule has 0 N–H and O–H groups in total. The maximum atomic E-state index is 13.2. The number of ether oxygens (including phenoxy) is 1. The molecular weight excluding hydrogens is 381 g/mol. The fourth-order valence-electron chi connectivity index (χ4n) is 3.25. The zero-order chi connectivity index (χ0) is 20.1. The van der Waals surface area contributed by atoms with Crippen LogP contribution in [0.3, 0.4) is 0 Å². The molecule has 1 heterocycles. The Kier molecular flexibility index (Phi) is 6.34. The molecule has 28 heavy (non-hydrogen) atoms. The van der Waals surface area contributed by atoms with Gasteiger partial charge in [-0.3, -0.25) is 4.79 Å². The van der Waals surface area contributed by atoms with Gasteiger partial charge in [0.05, 0.1) is 18.1 Å². The second kappa shape index (κ2) is 8.73. The molecule has 0 saturated carbocycles. The smallest absolute Gasteiger partial charge is 0.254 e. The Balaban J connectivity index is 1.82. The highest BCUT2D eigenvalue weighted by atomic mass is 32.2. The van der Waals surface area contributed by atoms with Crippen molar-refractivity contribution in [3.63, 3.8) is 0 Å². The first-order valence-corrected chi connectivity index (χ1v) is 11.2. The molecule has 0 aromatic heterocycles. The van der Waals surface area contributed by atoms with Gasteiger partial charge in [-0.25, -0.2) is 12.8 Å². The molecule has 0 bridgehead atoms. The van der Waals surface area contributed by atoms with Crippen molar-refractivity contribution in [3.05, 3.63) is 65.5 Å². The molecule has 3 rings (SSSR count). The van der Waals surface area contributed by atoms with E-state index in [2.05, 4.69) is 0 Å². The molecule has 1 saturated heterocycles.